The van der Waals surface area contributed by atoms with Gasteiger partial charge in [0, 0.05) is 0 Å². The van der Waals surface area contributed by atoms with E-state index in [9.17, 15) is 19.5 Å². The minimum absolute atomic E-state index is 0.155. The van der Waals surface area contributed by atoms with Gasteiger partial charge in [-0.2, -0.15) is 0 Å². The number of aromatic carboxylic acids is 1. The fourth-order valence-electron chi connectivity index (χ4n) is 1.45. The molecule has 0 aliphatic carbocycles. The van der Waals surface area contributed by atoms with E-state index in [1.807, 2.05) is 0 Å². The van der Waals surface area contributed by atoms with Crippen LogP contribution in [0.15, 0.2) is 18.2 Å². The number of phenols is 1. The fraction of sp³-hybridized carbons (Fsp3) is 0.250. The molecule has 1 amide bonds. The molecule has 3 N–H and O–H groups in total. The Morgan fingerprint density at radius 2 is 2.05 bits per heavy atom. The van der Waals surface area contributed by atoms with Gasteiger partial charge in [0.15, 0.2) is 0 Å². The number of rotatable bonds is 6. The molecule has 2 atom stereocenters. The van der Waals surface area contributed by atoms with Gasteiger partial charge in [0.1, 0.15) is 0 Å². The number of carbonyl (C=O) groups is 3. The van der Waals surface area contributed by atoms with Gasteiger partial charge in [-0.3, -0.25) is 0 Å². The molecule has 2 unspecified atom stereocenters. The van der Waals surface area contributed by atoms with Crippen molar-refractivity contribution < 1.29 is 24.6 Å². The standard InChI is InChI=1S/C12H14AsNO5S/c1-6(15)14-9(5-20)11(17)13-7-2-3-10(16)8(4-7)12(18)19/h2-4,9,13,16,20H,5H2,1H3,(H,14,15)(H,18,19). The molecule has 0 spiro atoms. The van der Waals surface area contributed by atoms with Gasteiger partial charge in [-0.25, -0.2) is 0 Å². The van der Waals surface area contributed by atoms with Crippen molar-refractivity contribution in [2.24, 2.45) is 0 Å². The van der Waals surface area contributed by atoms with Crippen LogP contribution in [0, 0.1) is 0 Å². The molecule has 0 bridgehead atoms. The first-order chi connectivity index (χ1) is 9.35. The number of carboxylic acid groups (broad SMARTS) is 1. The molecule has 0 saturated carbocycles. The number of aromatic hydroxyl groups is 1. The third kappa shape index (κ3) is 4.58. The summed E-state index contributed by atoms with van der Waals surface area (Å²) in [6.45, 7) is 1.31. The Hall–Kier alpha value is -1.46. The van der Waals surface area contributed by atoms with Crippen LogP contribution in [0.25, 0.3) is 0 Å². The van der Waals surface area contributed by atoms with Crippen molar-refractivity contribution in [3.63, 3.8) is 0 Å². The summed E-state index contributed by atoms with van der Waals surface area (Å²) in [5, 5.41) is 20.8. The van der Waals surface area contributed by atoms with E-state index in [2.05, 4.69) is 17.9 Å². The normalized spacial score (nSPS) is 12.3. The molecule has 20 heavy (non-hydrogen) atoms. The van der Waals surface area contributed by atoms with E-state index < -0.39 is 27.8 Å². The molecule has 8 heteroatoms. The summed E-state index contributed by atoms with van der Waals surface area (Å²) >= 11 is 2.72. The van der Waals surface area contributed by atoms with Crippen LogP contribution >= 0.6 is 12.6 Å². The molecule has 1 aromatic rings. The van der Waals surface area contributed by atoms with E-state index in [-0.39, 0.29) is 27.5 Å². The van der Waals surface area contributed by atoms with Crippen molar-refractivity contribution in [2.75, 3.05) is 5.75 Å². The fourth-order valence-corrected chi connectivity index (χ4v) is 4.20. The van der Waals surface area contributed by atoms with Crippen LogP contribution < -0.4 is 9.67 Å². The number of benzene rings is 1. The van der Waals surface area contributed by atoms with E-state index in [1.165, 1.54) is 25.1 Å². The van der Waals surface area contributed by atoms with Crippen LogP contribution in [0.1, 0.15) is 17.3 Å². The van der Waals surface area contributed by atoms with Gasteiger partial charge in [-0.1, -0.05) is 0 Å². The van der Waals surface area contributed by atoms with E-state index in [1.54, 1.807) is 0 Å². The third-order valence-electron chi connectivity index (χ3n) is 2.37. The first-order valence-electron chi connectivity index (χ1n) is 5.60. The summed E-state index contributed by atoms with van der Waals surface area (Å²) in [5.74, 6) is -1.73. The van der Waals surface area contributed by atoms with Gasteiger partial charge in [0.05, 0.1) is 0 Å². The van der Waals surface area contributed by atoms with E-state index in [0.717, 1.165) is 0 Å². The molecule has 0 saturated heterocycles. The molecule has 0 aromatic heterocycles. The van der Waals surface area contributed by atoms with Crippen LogP contribution in [0.5, 0.6) is 5.75 Å². The Morgan fingerprint density at radius 1 is 1.40 bits per heavy atom. The predicted octanol–water partition coefficient (Wildman–Crippen LogP) is -0.887. The van der Waals surface area contributed by atoms with Crippen LogP contribution in [-0.4, -0.2) is 54.2 Å². The summed E-state index contributed by atoms with van der Waals surface area (Å²) in [5.41, 5.74) is -0.235. The second-order valence-electron chi connectivity index (χ2n) is 3.96. The average molecular weight is 359 g/mol. The molecule has 108 valence electrons. The van der Waals surface area contributed by atoms with Crippen LogP contribution in [-0.2, 0) is 9.59 Å². The van der Waals surface area contributed by atoms with Crippen molar-refractivity contribution in [3.05, 3.63) is 23.8 Å². The number of hydrogen-bond donors (Lipinski definition) is 4. The van der Waals surface area contributed by atoms with Crippen molar-refractivity contribution in [1.29, 1.82) is 0 Å². The Kier molecular flexibility index (Phi) is 6.10. The van der Waals surface area contributed by atoms with Crippen molar-refractivity contribution >= 4 is 49.2 Å². The molecule has 0 heterocycles. The zero-order valence-corrected chi connectivity index (χ0v) is 13.6. The molecule has 1 rings (SSSR count). The molecule has 0 radical (unpaired) electrons. The molecular weight excluding hydrogens is 345 g/mol. The Morgan fingerprint density at radius 3 is 2.55 bits per heavy atom. The van der Waals surface area contributed by atoms with Crippen molar-refractivity contribution in [3.8, 4) is 5.75 Å². The van der Waals surface area contributed by atoms with E-state index in [0.29, 0.717) is 4.35 Å². The topological polar surface area (TPSA) is 104 Å². The summed E-state index contributed by atoms with van der Waals surface area (Å²) in [4.78, 5) is 33.9. The first-order valence-corrected chi connectivity index (χ1v) is 8.33. The zero-order valence-electron chi connectivity index (χ0n) is 10.6. The molecule has 0 aliphatic rings. The quantitative estimate of drug-likeness (QED) is 0.390. The maximum atomic E-state index is 12.0. The number of carbonyl (C=O) groups excluding carboxylic acids is 2. The Bertz CT molecular complexity index is 549. The SMILES string of the molecule is CC(=O)NC(CS)C(=O)[AsH]c1ccc(O)c(C(=O)O)c1. The van der Waals surface area contributed by atoms with Gasteiger partial charge in [-0.05, 0) is 0 Å². The third-order valence-corrected chi connectivity index (χ3v) is 5.24. The maximum absolute atomic E-state index is 12.0. The minimum atomic E-state index is -1.30. The number of amides is 1. The number of carboxylic acids is 1. The number of hydrogen-bond acceptors (Lipinski definition) is 5. The van der Waals surface area contributed by atoms with E-state index >= 15 is 0 Å². The second-order valence-corrected chi connectivity index (χ2v) is 7.10. The van der Waals surface area contributed by atoms with Crippen LogP contribution in [0.4, 0.5) is 0 Å². The van der Waals surface area contributed by atoms with E-state index in [4.69, 9.17) is 5.11 Å². The van der Waals surface area contributed by atoms with Crippen molar-refractivity contribution in [2.45, 2.75) is 13.0 Å². The summed E-state index contributed by atoms with van der Waals surface area (Å²) in [6, 6.07) is 3.39. The first kappa shape index (κ1) is 16.6. The molecule has 0 aliphatic heterocycles. The summed E-state index contributed by atoms with van der Waals surface area (Å²) < 4.78 is 0.416. The zero-order chi connectivity index (χ0) is 15.3. The van der Waals surface area contributed by atoms with Gasteiger partial charge in [-0.15, -0.1) is 0 Å². The molecule has 0 fully saturated rings. The van der Waals surface area contributed by atoms with Gasteiger partial charge in [0.2, 0.25) is 0 Å². The Labute approximate surface area is 127 Å². The van der Waals surface area contributed by atoms with Gasteiger partial charge in [0.25, 0.3) is 0 Å². The number of nitrogens with one attached hydrogen (secondary N) is 1. The monoisotopic (exact) mass is 359 g/mol. The van der Waals surface area contributed by atoms with Crippen LogP contribution in [0.2, 0.25) is 0 Å². The Balaban J connectivity index is 2.87. The second kappa shape index (κ2) is 7.36. The van der Waals surface area contributed by atoms with Crippen molar-refractivity contribution in [1.82, 2.24) is 5.32 Å². The van der Waals surface area contributed by atoms with Gasteiger partial charge < -0.3 is 0 Å². The molecular formula is C12H14AsNO5S. The molecule has 1 aromatic carbocycles. The summed E-state index contributed by atoms with van der Waals surface area (Å²) in [7, 11) is 0. The predicted molar refractivity (Wildman–Crippen MR) is 78.3 cm³/mol. The summed E-state index contributed by atoms with van der Waals surface area (Å²) in [6.07, 6.45) is 0. The molecule has 6 nitrogen and oxygen atoms in total. The number of thiol groups is 1. The average Bonchev–Trinajstić information content (AvgIpc) is 2.37. The van der Waals surface area contributed by atoms with Gasteiger partial charge >= 0.3 is 127 Å². The van der Waals surface area contributed by atoms with Crippen LogP contribution in [0.3, 0.4) is 0 Å².